The SMILES string of the molecule is O=C1C(=Cc2ccc(Cc3ccccc3F)c(Cl)c2)C(=O)N(c2ccccc2)C(=S)N1c1ccccc1. The van der Waals surface area contributed by atoms with Crippen LogP contribution in [0.5, 0.6) is 0 Å². The topological polar surface area (TPSA) is 40.6 Å². The maximum atomic E-state index is 14.1. The van der Waals surface area contributed by atoms with Crippen LogP contribution in [0, 0.1) is 5.82 Å². The molecule has 37 heavy (non-hydrogen) atoms. The summed E-state index contributed by atoms with van der Waals surface area (Å²) >= 11 is 12.2. The minimum absolute atomic E-state index is 0.0563. The second-order valence-corrected chi connectivity index (χ2v) is 9.18. The number of amides is 2. The lowest BCUT2D eigenvalue weighted by Crippen LogP contribution is -2.56. The summed E-state index contributed by atoms with van der Waals surface area (Å²) in [6.45, 7) is 0. The quantitative estimate of drug-likeness (QED) is 0.163. The fourth-order valence-electron chi connectivity index (χ4n) is 4.15. The van der Waals surface area contributed by atoms with Crippen LogP contribution < -0.4 is 9.80 Å². The summed E-state index contributed by atoms with van der Waals surface area (Å²) in [4.78, 5) is 29.9. The van der Waals surface area contributed by atoms with E-state index in [1.54, 1.807) is 84.9 Å². The van der Waals surface area contributed by atoms with Crippen LogP contribution in [0.3, 0.4) is 0 Å². The first kappa shape index (κ1) is 24.6. The molecule has 4 aromatic carbocycles. The molecule has 1 aliphatic heterocycles. The molecule has 4 nitrogen and oxygen atoms in total. The van der Waals surface area contributed by atoms with Crippen molar-refractivity contribution in [2.45, 2.75) is 6.42 Å². The number of carbonyl (C=O) groups excluding carboxylic acids is 2. The molecule has 0 radical (unpaired) electrons. The van der Waals surface area contributed by atoms with Crippen LogP contribution in [0.2, 0.25) is 5.02 Å². The number of carbonyl (C=O) groups is 2. The number of para-hydroxylation sites is 2. The fraction of sp³-hybridized carbons (Fsp3) is 0.0333. The van der Waals surface area contributed by atoms with E-state index in [0.29, 0.717) is 33.9 Å². The molecule has 2 amide bonds. The molecule has 0 aromatic heterocycles. The van der Waals surface area contributed by atoms with E-state index in [2.05, 4.69) is 0 Å². The third kappa shape index (κ3) is 4.94. The van der Waals surface area contributed by atoms with Crippen molar-refractivity contribution in [1.82, 2.24) is 0 Å². The van der Waals surface area contributed by atoms with Gasteiger partial charge < -0.3 is 0 Å². The lowest BCUT2D eigenvalue weighted by atomic mass is 10.0. The molecule has 1 heterocycles. The Hall–Kier alpha value is -4.13. The minimum atomic E-state index is -0.528. The Balaban J connectivity index is 1.54. The van der Waals surface area contributed by atoms with Gasteiger partial charge >= 0.3 is 0 Å². The van der Waals surface area contributed by atoms with E-state index in [0.717, 1.165) is 5.56 Å². The molecule has 5 rings (SSSR count). The van der Waals surface area contributed by atoms with Crippen molar-refractivity contribution in [2.75, 3.05) is 9.80 Å². The molecule has 0 saturated carbocycles. The van der Waals surface area contributed by atoms with Crippen LogP contribution >= 0.6 is 23.8 Å². The van der Waals surface area contributed by atoms with Gasteiger partial charge in [-0.15, -0.1) is 0 Å². The van der Waals surface area contributed by atoms with Gasteiger partial charge in [-0.05, 0) is 71.4 Å². The zero-order valence-corrected chi connectivity index (χ0v) is 21.0. The molecule has 0 unspecified atom stereocenters. The highest BCUT2D eigenvalue weighted by atomic mass is 35.5. The van der Waals surface area contributed by atoms with E-state index in [9.17, 15) is 14.0 Å². The van der Waals surface area contributed by atoms with Crippen LogP contribution in [0.25, 0.3) is 6.08 Å². The van der Waals surface area contributed by atoms with Crippen molar-refractivity contribution >= 4 is 58.2 Å². The number of hydrogen-bond acceptors (Lipinski definition) is 3. The summed E-state index contributed by atoms with van der Waals surface area (Å²) in [7, 11) is 0. The average molecular weight is 527 g/mol. The van der Waals surface area contributed by atoms with Crippen molar-refractivity contribution < 1.29 is 14.0 Å². The van der Waals surface area contributed by atoms with Gasteiger partial charge in [-0.1, -0.05) is 78.3 Å². The predicted molar refractivity (Wildman–Crippen MR) is 149 cm³/mol. The molecule has 0 bridgehead atoms. The van der Waals surface area contributed by atoms with Crippen LogP contribution in [-0.2, 0) is 16.0 Å². The van der Waals surface area contributed by atoms with Gasteiger partial charge in [-0.3, -0.25) is 19.4 Å². The van der Waals surface area contributed by atoms with E-state index in [1.807, 2.05) is 12.1 Å². The van der Waals surface area contributed by atoms with Crippen LogP contribution in [0.15, 0.2) is 109 Å². The lowest BCUT2D eigenvalue weighted by molar-refractivity contribution is -0.120. The van der Waals surface area contributed by atoms with E-state index < -0.39 is 11.8 Å². The van der Waals surface area contributed by atoms with E-state index >= 15 is 0 Å². The first-order valence-electron chi connectivity index (χ1n) is 11.5. The first-order valence-corrected chi connectivity index (χ1v) is 12.3. The summed E-state index contributed by atoms with van der Waals surface area (Å²) in [5, 5.41) is 0.478. The normalized spacial score (nSPS) is 13.8. The second-order valence-electron chi connectivity index (χ2n) is 8.41. The summed E-state index contributed by atoms with van der Waals surface area (Å²) in [6, 6.07) is 29.6. The average Bonchev–Trinajstić information content (AvgIpc) is 2.90. The van der Waals surface area contributed by atoms with Gasteiger partial charge in [0.1, 0.15) is 11.4 Å². The van der Waals surface area contributed by atoms with E-state index in [1.165, 1.54) is 21.9 Å². The van der Waals surface area contributed by atoms with E-state index in [-0.39, 0.29) is 16.5 Å². The maximum Gasteiger partial charge on any atom is 0.270 e. The van der Waals surface area contributed by atoms with Gasteiger partial charge in [0.25, 0.3) is 11.8 Å². The summed E-state index contributed by atoms with van der Waals surface area (Å²) < 4.78 is 14.1. The Kier molecular flexibility index (Phi) is 6.95. The molecule has 1 aliphatic rings. The molecule has 0 aliphatic carbocycles. The molecular weight excluding hydrogens is 507 g/mol. The van der Waals surface area contributed by atoms with Gasteiger partial charge in [0, 0.05) is 11.4 Å². The number of hydrogen-bond donors (Lipinski definition) is 0. The summed E-state index contributed by atoms with van der Waals surface area (Å²) in [6.07, 6.45) is 1.83. The summed E-state index contributed by atoms with van der Waals surface area (Å²) in [5.41, 5.74) is 2.86. The van der Waals surface area contributed by atoms with E-state index in [4.69, 9.17) is 23.8 Å². The van der Waals surface area contributed by atoms with Crippen molar-refractivity contribution in [1.29, 1.82) is 0 Å². The highest BCUT2D eigenvalue weighted by molar-refractivity contribution is 7.81. The Labute approximate surface area is 224 Å². The van der Waals surface area contributed by atoms with Gasteiger partial charge in [-0.2, -0.15) is 0 Å². The number of anilines is 2. The minimum Gasteiger partial charge on any atom is -0.268 e. The Morgan fingerprint density at radius 1 is 0.730 bits per heavy atom. The monoisotopic (exact) mass is 526 g/mol. The Morgan fingerprint density at radius 2 is 1.27 bits per heavy atom. The molecule has 1 saturated heterocycles. The van der Waals surface area contributed by atoms with Gasteiger partial charge in [-0.25, -0.2) is 4.39 Å². The molecular formula is C30H20ClFN2O2S. The van der Waals surface area contributed by atoms with Crippen LogP contribution in [0.1, 0.15) is 16.7 Å². The van der Waals surface area contributed by atoms with Crippen molar-refractivity contribution in [2.24, 2.45) is 0 Å². The summed E-state index contributed by atoms with van der Waals surface area (Å²) in [5.74, 6) is -1.36. The molecule has 182 valence electrons. The Bertz CT molecular complexity index is 1480. The maximum absolute atomic E-state index is 14.1. The standard InChI is InChI=1S/C30H20ClFN2O2S/c31-26-18-20(15-16-21(26)19-22-9-7-8-14-27(22)32)17-25-28(35)33(23-10-3-1-4-11-23)30(37)34(29(25)36)24-12-5-2-6-13-24/h1-18H,19H2. The molecule has 1 fully saturated rings. The Morgan fingerprint density at radius 3 is 1.81 bits per heavy atom. The zero-order valence-electron chi connectivity index (χ0n) is 19.5. The number of benzene rings is 4. The third-order valence-electron chi connectivity index (χ3n) is 6.01. The highest BCUT2D eigenvalue weighted by Crippen LogP contribution is 2.30. The number of rotatable bonds is 5. The number of thiocarbonyl (C=S) groups is 1. The number of halogens is 2. The zero-order chi connectivity index (χ0) is 25.9. The van der Waals surface area contributed by atoms with Crippen molar-refractivity contribution in [3.8, 4) is 0 Å². The largest absolute Gasteiger partial charge is 0.270 e. The van der Waals surface area contributed by atoms with Gasteiger partial charge in [0.15, 0.2) is 5.11 Å². The first-order chi connectivity index (χ1) is 17.9. The predicted octanol–water partition coefficient (Wildman–Crippen LogP) is 6.82. The third-order valence-corrected chi connectivity index (χ3v) is 6.72. The fourth-order valence-corrected chi connectivity index (χ4v) is 4.78. The molecule has 0 N–H and O–H groups in total. The van der Waals surface area contributed by atoms with Crippen LogP contribution in [0.4, 0.5) is 15.8 Å². The van der Waals surface area contributed by atoms with Crippen LogP contribution in [-0.4, -0.2) is 16.9 Å². The molecule has 4 aromatic rings. The smallest absolute Gasteiger partial charge is 0.268 e. The van der Waals surface area contributed by atoms with Crippen molar-refractivity contribution in [3.63, 3.8) is 0 Å². The second kappa shape index (κ2) is 10.5. The molecule has 0 spiro atoms. The highest BCUT2D eigenvalue weighted by Gasteiger charge is 2.41. The van der Waals surface area contributed by atoms with Gasteiger partial charge in [0.2, 0.25) is 0 Å². The molecule has 0 atom stereocenters. The molecule has 7 heteroatoms. The number of nitrogens with zero attached hydrogens (tertiary/aromatic N) is 2. The lowest BCUT2D eigenvalue weighted by Gasteiger charge is -2.36. The van der Waals surface area contributed by atoms with Gasteiger partial charge in [0.05, 0.1) is 11.4 Å². The van der Waals surface area contributed by atoms with Crippen molar-refractivity contribution in [3.05, 3.63) is 136 Å².